The van der Waals surface area contributed by atoms with Gasteiger partial charge >= 0.3 is 0 Å². The maximum atomic E-state index is 10.4. The molecule has 1 nitrogen and oxygen atoms in total. The van der Waals surface area contributed by atoms with Crippen LogP contribution in [0, 0.1) is 0 Å². The Morgan fingerprint density at radius 3 is 2.00 bits per heavy atom. The van der Waals surface area contributed by atoms with Gasteiger partial charge in [-0.15, -0.1) is 6.58 Å². The molecule has 0 aliphatic rings. The molecule has 0 aliphatic heterocycles. The SMILES string of the molecule is C=CC[C@H](O)c1c2ccccc2cc2ccccc12. The van der Waals surface area contributed by atoms with Crippen LogP contribution in [0.5, 0.6) is 0 Å². The highest BCUT2D eigenvalue weighted by molar-refractivity contribution is 6.02. The number of benzene rings is 3. The summed E-state index contributed by atoms with van der Waals surface area (Å²) in [7, 11) is 0. The quantitative estimate of drug-likeness (QED) is 0.530. The van der Waals surface area contributed by atoms with E-state index >= 15 is 0 Å². The van der Waals surface area contributed by atoms with Crippen LogP contribution in [-0.2, 0) is 0 Å². The van der Waals surface area contributed by atoms with Crippen molar-refractivity contribution in [2.24, 2.45) is 0 Å². The summed E-state index contributed by atoms with van der Waals surface area (Å²) < 4.78 is 0. The van der Waals surface area contributed by atoms with E-state index in [9.17, 15) is 5.11 Å². The first-order valence-electron chi connectivity index (χ1n) is 6.50. The first-order chi connectivity index (χ1) is 9.31. The first-order valence-corrected chi connectivity index (χ1v) is 6.50. The molecule has 0 unspecified atom stereocenters. The Morgan fingerprint density at radius 2 is 1.47 bits per heavy atom. The van der Waals surface area contributed by atoms with Gasteiger partial charge in [0.05, 0.1) is 6.10 Å². The van der Waals surface area contributed by atoms with Gasteiger partial charge in [-0.05, 0) is 39.6 Å². The van der Waals surface area contributed by atoms with Gasteiger partial charge in [-0.3, -0.25) is 0 Å². The number of rotatable bonds is 3. The van der Waals surface area contributed by atoms with Crippen LogP contribution in [-0.4, -0.2) is 5.11 Å². The molecule has 3 aromatic rings. The average molecular weight is 248 g/mol. The lowest BCUT2D eigenvalue weighted by Gasteiger charge is -2.15. The van der Waals surface area contributed by atoms with E-state index in [-0.39, 0.29) is 0 Å². The fraction of sp³-hybridized carbons (Fsp3) is 0.111. The van der Waals surface area contributed by atoms with Gasteiger partial charge in [-0.2, -0.15) is 0 Å². The Hall–Kier alpha value is -2.12. The Labute approximate surface area is 112 Å². The van der Waals surface area contributed by atoms with Crippen molar-refractivity contribution < 1.29 is 5.11 Å². The van der Waals surface area contributed by atoms with Crippen LogP contribution >= 0.6 is 0 Å². The Morgan fingerprint density at radius 1 is 0.947 bits per heavy atom. The summed E-state index contributed by atoms with van der Waals surface area (Å²) in [5, 5.41) is 15.0. The molecule has 3 aromatic carbocycles. The molecule has 0 amide bonds. The summed E-state index contributed by atoms with van der Waals surface area (Å²) in [5.74, 6) is 0. The lowest BCUT2D eigenvalue weighted by molar-refractivity contribution is 0.184. The van der Waals surface area contributed by atoms with E-state index in [2.05, 4.69) is 36.9 Å². The molecule has 0 saturated carbocycles. The van der Waals surface area contributed by atoms with Crippen molar-refractivity contribution in [2.75, 3.05) is 0 Å². The minimum Gasteiger partial charge on any atom is -0.388 e. The third kappa shape index (κ3) is 2.02. The zero-order valence-electron chi connectivity index (χ0n) is 10.7. The Kier molecular flexibility index (Phi) is 3.06. The molecule has 94 valence electrons. The fourth-order valence-corrected chi connectivity index (χ4v) is 2.68. The van der Waals surface area contributed by atoms with E-state index in [0.717, 1.165) is 16.3 Å². The maximum Gasteiger partial charge on any atom is 0.0836 e. The second kappa shape index (κ2) is 4.87. The summed E-state index contributed by atoms with van der Waals surface area (Å²) in [4.78, 5) is 0. The summed E-state index contributed by atoms with van der Waals surface area (Å²) >= 11 is 0. The van der Waals surface area contributed by atoms with Crippen LogP contribution in [0.3, 0.4) is 0 Å². The fourth-order valence-electron chi connectivity index (χ4n) is 2.68. The van der Waals surface area contributed by atoms with E-state index < -0.39 is 6.10 Å². The second-order valence-electron chi connectivity index (χ2n) is 4.77. The van der Waals surface area contributed by atoms with Crippen LogP contribution in [0.1, 0.15) is 18.1 Å². The van der Waals surface area contributed by atoms with Gasteiger partial charge < -0.3 is 5.11 Å². The molecule has 0 bridgehead atoms. The minimum atomic E-state index is -0.506. The number of aliphatic hydroxyl groups excluding tert-OH is 1. The molecule has 1 N–H and O–H groups in total. The zero-order chi connectivity index (χ0) is 13.2. The predicted octanol–water partition coefficient (Wildman–Crippen LogP) is 4.60. The molecule has 3 rings (SSSR count). The number of aliphatic hydroxyl groups is 1. The van der Waals surface area contributed by atoms with Crippen molar-refractivity contribution >= 4 is 21.5 Å². The van der Waals surface area contributed by atoms with Gasteiger partial charge in [0.1, 0.15) is 0 Å². The number of hydrogen-bond donors (Lipinski definition) is 1. The molecule has 0 spiro atoms. The maximum absolute atomic E-state index is 10.4. The van der Waals surface area contributed by atoms with Crippen molar-refractivity contribution in [1.82, 2.24) is 0 Å². The first kappa shape index (κ1) is 11.9. The molecule has 0 aliphatic carbocycles. The van der Waals surface area contributed by atoms with Crippen molar-refractivity contribution in [3.8, 4) is 0 Å². The lowest BCUT2D eigenvalue weighted by Crippen LogP contribution is -1.98. The largest absolute Gasteiger partial charge is 0.388 e. The highest BCUT2D eigenvalue weighted by atomic mass is 16.3. The summed E-state index contributed by atoms with van der Waals surface area (Å²) in [6.07, 6.45) is 1.83. The molecule has 0 saturated heterocycles. The highest BCUT2D eigenvalue weighted by Crippen LogP contribution is 2.34. The van der Waals surface area contributed by atoms with Crippen molar-refractivity contribution in [3.05, 3.63) is 72.8 Å². The van der Waals surface area contributed by atoms with E-state index in [1.807, 2.05) is 24.3 Å². The van der Waals surface area contributed by atoms with Crippen LogP contribution < -0.4 is 0 Å². The zero-order valence-corrected chi connectivity index (χ0v) is 10.7. The highest BCUT2D eigenvalue weighted by Gasteiger charge is 2.13. The summed E-state index contributed by atoms with van der Waals surface area (Å²) in [6.45, 7) is 3.73. The standard InChI is InChI=1S/C18H16O/c1-2-7-17(19)18-15-10-5-3-8-13(15)12-14-9-4-6-11-16(14)18/h2-6,8-12,17,19H,1,7H2/t17-/m0/s1. The second-order valence-corrected chi connectivity index (χ2v) is 4.77. The lowest BCUT2D eigenvalue weighted by atomic mass is 9.92. The van der Waals surface area contributed by atoms with Crippen LogP contribution in [0.15, 0.2) is 67.3 Å². The van der Waals surface area contributed by atoms with Gasteiger partial charge in [0.2, 0.25) is 0 Å². The van der Waals surface area contributed by atoms with Gasteiger partial charge in [-0.25, -0.2) is 0 Å². The van der Waals surface area contributed by atoms with Gasteiger partial charge in [0.25, 0.3) is 0 Å². The van der Waals surface area contributed by atoms with Crippen molar-refractivity contribution in [2.45, 2.75) is 12.5 Å². The molecule has 0 fully saturated rings. The monoisotopic (exact) mass is 248 g/mol. The molecule has 0 aromatic heterocycles. The van der Waals surface area contributed by atoms with Crippen molar-refractivity contribution in [3.63, 3.8) is 0 Å². The minimum absolute atomic E-state index is 0.506. The predicted molar refractivity (Wildman–Crippen MR) is 81.2 cm³/mol. The molecule has 0 heterocycles. The van der Waals surface area contributed by atoms with Gasteiger partial charge in [0.15, 0.2) is 0 Å². The van der Waals surface area contributed by atoms with Gasteiger partial charge in [0, 0.05) is 0 Å². The molecular weight excluding hydrogens is 232 g/mol. The summed E-state index contributed by atoms with van der Waals surface area (Å²) in [6, 6.07) is 18.6. The van der Waals surface area contributed by atoms with E-state index in [1.165, 1.54) is 10.8 Å². The average Bonchev–Trinajstić information content (AvgIpc) is 2.44. The molecular formula is C18H16O. The van der Waals surface area contributed by atoms with Gasteiger partial charge in [-0.1, -0.05) is 54.6 Å². The number of hydrogen-bond acceptors (Lipinski definition) is 1. The molecule has 0 radical (unpaired) electrons. The normalized spacial score (nSPS) is 12.7. The Bertz CT molecular complexity index is 689. The van der Waals surface area contributed by atoms with E-state index in [4.69, 9.17) is 0 Å². The molecule has 19 heavy (non-hydrogen) atoms. The summed E-state index contributed by atoms with van der Waals surface area (Å²) in [5.41, 5.74) is 1.01. The van der Waals surface area contributed by atoms with Crippen LogP contribution in [0.2, 0.25) is 0 Å². The third-order valence-electron chi connectivity index (χ3n) is 3.54. The molecule has 1 atom stereocenters. The third-order valence-corrected chi connectivity index (χ3v) is 3.54. The number of fused-ring (bicyclic) bond motifs is 2. The van der Waals surface area contributed by atoms with Crippen LogP contribution in [0.25, 0.3) is 21.5 Å². The van der Waals surface area contributed by atoms with Crippen molar-refractivity contribution in [1.29, 1.82) is 0 Å². The topological polar surface area (TPSA) is 20.2 Å². The molecule has 1 heteroatoms. The van der Waals surface area contributed by atoms with E-state index in [1.54, 1.807) is 6.08 Å². The Balaban J connectivity index is 2.42. The van der Waals surface area contributed by atoms with E-state index in [0.29, 0.717) is 6.42 Å². The van der Waals surface area contributed by atoms with Crippen LogP contribution in [0.4, 0.5) is 0 Å². The smallest absolute Gasteiger partial charge is 0.0836 e.